The van der Waals surface area contributed by atoms with Crippen molar-refractivity contribution in [3.63, 3.8) is 0 Å². The summed E-state index contributed by atoms with van der Waals surface area (Å²) in [7, 11) is 0. The summed E-state index contributed by atoms with van der Waals surface area (Å²) in [6.45, 7) is 0.249. The van der Waals surface area contributed by atoms with Crippen LogP contribution < -0.4 is 5.73 Å². The standard InChI is InChI=1S/C14H19N5O2/c15-12-11-13(17-6-16-12)19(7-18-11)10-3-8(4-20)9(5-21)14(10)1-2-14/h6-10,20-21H,1-5H2,(H2,15,16,17)/t8-,9-,10-/m1/s1. The van der Waals surface area contributed by atoms with Crippen LogP contribution in [0.4, 0.5) is 5.82 Å². The minimum atomic E-state index is 0.0789. The zero-order valence-electron chi connectivity index (χ0n) is 11.7. The molecule has 7 nitrogen and oxygen atoms in total. The van der Waals surface area contributed by atoms with Gasteiger partial charge in [0.15, 0.2) is 11.5 Å². The Labute approximate surface area is 121 Å². The summed E-state index contributed by atoms with van der Waals surface area (Å²) < 4.78 is 2.07. The molecule has 0 radical (unpaired) electrons. The molecule has 0 bridgehead atoms. The molecule has 2 aliphatic rings. The first kappa shape index (κ1) is 13.0. The Kier molecular flexibility index (Phi) is 2.71. The maximum absolute atomic E-state index is 9.73. The molecule has 3 atom stereocenters. The third-order valence-corrected chi connectivity index (χ3v) is 5.48. The van der Waals surface area contributed by atoms with Crippen molar-refractivity contribution in [1.29, 1.82) is 0 Å². The van der Waals surface area contributed by atoms with E-state index >= 15 is 0 Å². The van der Waals surface area contributed by atoms with Gasteiger partial charge in [0.2, 0.25) is 0 Å². The normalized spacial score (nSPS) is 30.3. The van der Waals surface area contributed by atoms with Crippen LogP contribution in [0.5, 0.6) is 0 Å². The van der Waals surface area contributed by atoms with Gasteiger partial charge in [-0.25, -0.2) is 15.0 Å². The summed E-state index contributed by atoms with van der Waals surface area (Å²) in [5.74, 6) is 0.683. The van der Waals surface area contributed by atoms with E-state index in [-0.39, 0.29) is 36.5 Å². The molecule has 2 aliphatic carbocycles. The number of aliphatic hydroxyl groups excluding tert-OH is 2. The first-order chi connectivity index (χ1) is 10.2. The van der Waals surface area contributed by atoms with Crippen LogP contribution in [0.2, 0.25) is 0 Å². The molecule has 0 amide bonds. The van der Waals surface area contributed by atoms with E-state index in [2.05, 4.69) is 19.5 Å². The quantitative estimate of drug-likeness (QED) is 0.752. The van der Waals surface area contributed by atoms with Crippen LogP contribution in [0.25, 0.3) is 11.2 Å². The van der Waals surface area contributed by atoms with Gasteiger partial charge in [-0.05, 0) is 36.5 Å². The van der Waals surface area contributed by atoms with Gasteiger partial charge < -0.3 is 20.5 Å². The maximum atomic E-state index is 9.73. The summed E-state index contributed by atoms with van der Waals surface area (Å²) in [5.41, 5.74) is 7.30. The van der Waals surface area contributed by atoms with Crippen molar-refractivity contribution in [2.75, 3.05) is 18.9 Å². The van der Waals surface area contributed by atoms with Crippen molar-refractivity contribution in [3.05, 3.63) is 12.7 Å². The lowest BCUT2D eigenvalue weighted by atomic mass is 9.87. The van der Waals surface area contributed by atoms with Gasteiger partial charge in [0.1, 0.15) is 11.8 Å². The molecule has 4 N–H and O–H groups in total. The number of aliphatic hydroxyl groups is 2. The Bertz CT molecular complexity index is 681. The second kappa shape index (κ2) is 4.38. The number of rotatable bonds is 3. The fourth-order valence-electron chi connectivity index (χ4n) is 4.27. The minimum Gasteiger partial charge on any atom is -0.396 e. The van der Waals surface area contributed by atoms with Gasteiger partial charge in [-0.1, -0.05) is 0 Å². The fourth-order valence-corrected chi connectivity index (χ4v) is 4.27. The lowest BCUT2D eigenvalue weighted by Crippen LogP contribution is -2.25. The molecule has 4 rings (SSSR count). The van der Waals surface area contributed by atoms with Gasteiger partial charge in [-0.15, -0.1) is 0 Å². The van der Waals surface area contributed by atoms with Crippen LogP contribution >= 0.6 is 0 Å². The van der Waals surface area contributed by atoms with E-state index in [4.69, 9.17) is 5.73 Å². The molecule has 112 valence electrons. The molecule has 2 aromatic heterocycles. The number of imidazole rings is 1. The molecule has 0 saturated heterocycles. The summed E-state index contributed by atoms with van der Waals surface area (Å²) in [4.78, 5) is 12.6. The third kappa shape index (κ3) is 1.64. The lowest BCUT2D eigenvalue weighted by Gasteiger charge is -2.25. The van der Waals surface area contributed by atoms with E-state index in [1.165, 1.54) is 6.33 Å². The highest BCUT2D eigenvalue weighted by atomic mass is 16.3. The molecule has 2 fully saturated rings. The minimum absolute atomic E-state index is 0.0789. The summed E-state index contributed by atoms with van der Waals surface area (Å²) in [6, 6.07) is 0.214. The average molecular weight is 289 g/mol. The highest BCUT2D eigenvalue weighted by molar-refractivity contribution is 5.81. The smallest absolute Gasteiger partial charge is 0.165 e. The predicted octanol–water partition coefficient (Wildman–Crippen LogP) is 0.350. The number of fused-ring (bicyclic) bond motifs is 1. The second-order valence-corrected chi connectivity index (χ2v) is 6.30. The van der Waals surface area contributed by atoms with Crippen molar-refractivity contribution in [3.8, 4) is 0 Å². The monoisotopic (exact) mass is 289 g/mol. The van der Waals surface area contributed by atoms with Gasteiger partial charge >= 0.3 is 0 Å². The predicted molar refractivity (Wildman–Crippen MR) is 76.2 cm³/mol. The maximum Gasteiger partial charge on any atom is 0.165 e. The van der Waals surface area contributed by atoms with Crippen LogP contribution in [0.15, 0.2) is 12.7 Å². The van der Waals surface area contributed by atoms with Crippen molar-refractivity contribution in [2.24, 2.45) is 17.3 Å². The Balaban J connectivity index is 1.81. The van der Waals surface area contributed by atoms with E-state index < -0.39 is 0 Å². The van der Waals surface area contributed by atoms with Crippen LogP contribution in [-0.4, -0.2) is 42.9 Å². The van der Waals surface area contributed by atoms with Crippen LogP contribution in [0.1, 0.15) is 25.3 Å². The number of nitrogens with two attached hydrogens (primary N) is 1. The number of hydrogen-bond donors (Lipinski definition) is 3. The Hall–Kier alpha value is -1.73. The molecule has 1 spiro atoms. The highest BCUT2D eigenvalue weighted by Gasteiger charge is 2.62. The second-order valence-electron chi connectivity index (χ2n) is 6.30. The van der Waals surface area contributed by atoms with E-state index in [0.29, 0.717) is 11.3 Å². The molecule has 21 heavy (non-hydrogen) atoms. The number of anilines is 1. The van der Waals surface area contributed by atoms with Crippen LogP contribution in [0, 0.1) is 17.3 Å². The molecular weight excluding hydrogens is 270 g/mol. The Morgan fingerprint density at radius 2 is 2.05 bits per heavy atom. The first-order valence-corrected chi connectivity index (χ1v) is 7.36. The Morgan fingerprint density at radius 3 is 2.71 bits per heavy atom. The number of nitrogens with zero attached hydrogens (tertiary/aromatic N) is 4. The average Bonchev–Trinajstić information content (AvgIpc) is 3.04. The molecule has 2 aromatic rings. The van der Waals surface area contributed by atoms with Gasteiger partial charge in [0.25, 0.3) is 0 Å². The van der Waals surface area contributed by atoms with Crippen LogP contribution in [0.3, 0.4) is 0 Å². The van der Waals surface area contributed by atoms with Gasteiger partial charge in [0, 0.05) is 19.3 Å². The van der Waals surface area contributed by atoms with Crippen LogP contribution in [-0.2, 0) is 0 Å². The van der Waals surface area contributed by atoms with Crippen molar-refractivity contribution >= 4 is 17.0 Å². The first-order valence-electron chi connectivity index (χ1n) is 7.36. The topological polar surface area (TPSA) is 110 Å². The summed E-state index contributed by atoms with van der Waals surface area (Å²) in [5, 5.41) is 19.4. The van der Waals surface area contributed by atoms with Gasteiger partial charge in [0.05, 0.1) is 6.33 Å². The van der Waals surface area contributed by atoms with Gasteiger partial charge in [-0.3, -0.25) is 0 Å². The van der Waals surface area contributed by atoms with Gasteiger partial charge in [-0.2, -0.15) is 0 Å². The SMILES string of the molecule is Nc1ncnc2c1ncn2[C@@H]1C[C@H](CO)[C@@H](CO)C12CC2. The number of hydrogen-bond acceptors (Lipinski definition) is 6. The molecule has 0 aromatic carbocycles. The number of aromatic nitrogens is 4. The van der Waals surface area contributed by atoms with Crippen molar-refractivity contribution < 1.29 is 10.2 Å². The van der Waals surface area contributed by atoms with Crippen molar-refractivity contribution in [1.82, 2.24) is 19.5 Å². The Morgan fingerprint density at radius 1 is 1.24 bits per heavy atom. The third-order valence-electron chi connectivity index (χ3n) is 5.48. The summed E-state index contributed by atoms with van der Waals surface area (Å²) >= 11 is 0. The zero-order valence-corrected chi connectivity index (χ0v) is 11.7. The largest absolute Gasteiger partial charge is 0.396 e. The molecule has 2 heterocycles. The summed E-state index contributed by atoms with van der Waals surface area (Å²) in [6.07, 6.45) is 6.24. The molecule has 0 aliphatic heterocycles. The molecule has 0 unspecified atom stereocenters. The van der Waals surface area contributed by atoms with E-state index in [9.17, 15) is 10.2 Å². The van der Waals surface area contributed by atoms with E-state index in [1.807, 2.05) is 0 Å². The molecule has 7 heteroatoms. The van der Waals surface area contributed by atoms with E-state index in [1.54, 1.807) is 6.33 Å². The fraction of sp³-hybridized carbons (Fsp3) is 0.643. The van der Waals surface area contributed by atoms with Crippen molar-refractivity contribution in [2.45, 2.75) is 25.3 Å². The molecule has 2 saturated carbocycles. The zero-order chi connectivity index (χ0) is 14.6. The lowest BCUT2D eigenvalue weighted by molar-refractivity contribution is 0.107. The highest BCUT2D eigenvalue weighted by Crippen LogP contribution is 2.68. The number of nitrogen functional groups attached to an aromatic ring is 1. The van der Waals surface area contributed by atoms with E-state index in [0.717, 1.165) is 24.9 Å². The molecular formula is C14H19N5O2.